The van der Waals surface area contributed by atoms with Crippen LogP contribution in [-0.2, 0) is 0 Å². The number of primary amides is 1. The van der Waals surface area contributed by atoms with Crippen LogP contribution in [0.15, 0.2) is 16.6 Å². The van der Waals surface area contributed by atoms with Crippen LogP contribution in [0, 0.1) is 0 Å². The molecule has 4 N–H and O–H groups in total. The van der Waals surface area contributed by atoms with Crippen LogP contribution in [0.4, 0.5) is 18.9 Å². The highest BCUT2D eigenvalue weighted by atomic mass is 79.9. The van der Waals surface area contributed by atoms with Gasteiger partial charge in [0.15, 0.2) is 5.75 Å². The summed E-state index contributed by atoms with van der Waals surface area (Å²) in [6, 6.07) is 2.11. The van der Waals surface area contributed by atoms with E-state index in [0.717, 1.165) is 12.1 Å². The molecule has 0 aliphatic rings. The number of carbonyl (C=O) groups excluding carboxylic acids is 1. The molecule has 0 saturated carbocycles. The molecule has 0 atom stereocenters. The van der Waals surface area contributed by atoms with Gasteiger partial charge in [-0.05, 0) is 28.1 Å². The van der Waals surface area contributed by atoms with Crippen molar-refractivity contribution in [2.45, 2.75) is 6.36 Å². The lowest BCUT2D eigenvalue weighted by atomic mass is 10.2. The van der Waals surface area contributed by atoms with Crippen LogP contribution in [-0.4, -0.2) is 12.3 Å². The van der Waals surface area contributed by atoms with E-state index in [-0.39, 0.29) is 15.7 Å². The zero-order chi connectivity index (χ0) is 12.5. The molecule has 1 rings (SSSR count). The van der Waals surface area contributed by atoms with E-state index in [1.165, 1.54) is 0 Å². The van der Waals surface area contributed by atoms with Gasteiger partial charge in [0.1, 0.15) is 0 Å². The van der Waals surface area contributed by atoms with Crippen molar-refractivity contribution < 1.29 is 22.7 Å². The number of nitrogens with two attached hydrogens (primary N) is 2. The van der Waals surface area contributed by atoms with Crippen LogP contribution in [0.5, 0.6) is 5.75 Å². The second kappa shape index (κ2) is 4.20. The fourth-order valence-electron chi connectivity index (χ4n) is 0.980. The van der Waals surface area contributed by atoms with E-state index in [1.807, 2.05) is 0 Å². The lowest BCUT2D eigenvalue weighted by Crippen LogP contribution is -2.19. The molecule has 1 aromatic rings. The summed E-state index contributed by atoms with van der Waals surface area (Å²) >= 11 is 2.81. The van der Waals surface area contributed by atoms with E-state index in [9.17, 15) is 18.0 Å². The van der Waals surface area contributed by atoms with Crippen LogP contribution in [0.25, 0.3) is 0 Å². The Morgan fingerprint density at radius 1 is 1.38 bits per heavy atom. The Labute approximate surface area is 96.5 Å². The minimum absolute atomic E-state index is 0.0149. The number of hydrogen-bond donors (Lipinski definition) is 2. The van der Waals surface area contributed by atoms with Crippen molar-refractivity contribution in [1.29, 1.82) is 0 Å². The molecule has 0 aromatic heterocycles. The first-order chi connectivity index (χ1) is 7.20. The summed E-state index contributed by atoms with van der Waals surface area (Å²) in [7, 11) is 0. The van der Waals surface area contributed by atoms with Gasteiger partial charge >= 0.3 is 6.36 Å². The average Bonchev–Trinajstić information content (AvgIpc) is 2.09. The van der Waals surface area contributed by atoms with Crippen LogP contribution in [0.1, 0.15) is 10.4 Å². The van der Waals surface area contributed by atoms with E-state index in [4.69, 9.17) is 11.5 Å². The van der Waals surface area contributed by atoms with Crippen molar-refractivity contribution in [3.63, 3.8) is 0 Å². The topological polar surface area (TPSA) is 78.3 Å². The highest BCUT2D eigenvalue weighted by molar-refractivity contribution is 9.10. The van der Waals surface area contributed by atoms with E-state index >= 15 is 0 Å². The zero-order valence-electron chi connectivity index (χ0n) is 7.64. The van der Waals surface area contributed by atoms with Gasteiger partial charge in [-0.25, -0.2) is 0 Å². The number of rotatable bonds is 2. The molecule has 0 aliphatic carbocycles. The second-order valence-electron chi connectivity index (χ2n) is 2.79. The monoisotopic (exact) mass is 298 g/mol. The van der Waals surface area contributed by atoms with Gasteiger partial charge in [-0.2, -0.15) is 0 Å². The predicted octanol–water partition coefficient (Wildman–Crippen LogP) is 2.03. The standard InChI is InChI=1S/C8H6BrF3N2O2/c9-4-1-3(7(14)15)2-5(13)6(4)16-8(10,11)12/h1-2H,13H2,(H2,14,15). The van der Waals surface area contributed by atoms with Crippen LogP contribution >= 0.6 is 15.9 Å². The Morgan fingerprint density at radius 3 is 2.31 bits per heavy atom. The maximum atomic E-state index is 12.0. The minimum Gasteiger partial charge on any atom is -0.402 e. The second-order valence-corrected chi connectivity index (χ2v) is 3.64. The summed E-state index contributed by atoms with van der Waals surface area (Å²) in [5, 5.41) is 0. The highest BCUT2D eigenvalue weighted by Crippen LogP contribution is 2.36. The highest BCUT2D eigenvalue weighted by Gasteiger charge is 2.33. The number of ether oxygens (including phenoxy) is 1. The zero-order valence-corrected chi connectivity index (χ0v) is 9.22. The molecule has 1 aromatic carbocycles. The molecule has 0 heterocycles. The molecule has 0 radical (unpaired) electrons. The molecule has 0 fully saturated rings. The summed E-state index contributed by atoms with van der Waals surface area (Å²) in [5.74, 6) is -1.40. The Bertz CT molecular complexity index is 411. The molecule has 4 nitrogen and oxygen atoms in total. The fraction of sp³-hybridized carbons (Fsp3) is 0.125. The maximum Gasteiger partial charge on any atom is 0.573 e. The number of anilines is 1. The summed E-state index contributed by atoms with van der Waals surface area (Å²) < 4.78 is 39.5. The first kappa shape index (κ1) is 12.6. The molecule has 1 amide bonds. The van der Waals surface area contributed by atoms with Crippen LogP contribution in [0.3, 0.4) is 0 Å². The van der Waals surface area contributed by atoms with E-state index < -0.39 is 18.0 Å². The minimum atomic E-state index is -4.86. The first-order valence-corrected chi connectivity index (χ1v) is 4.64. The smallest absolute Gasteiger partial charge is 0.402 e. The molecule has 0 spiro atoms. The summed E-state index contributed by atoms with van der Waals surface area (Å²) in [5.41, 5.74) is 9.91. The summed E-state index contributed by atoms with van der Waals surface area (Å²) in [6.07, 6.45) is -4.86. The van der Waals surface area contributed by atoms with Crippen molar-refractivity contribution in [3.8, 4) is 5.75 Å². The molecule has 0 unspecified atom stereocenters. The molecule has 8 heteroatoms. The van der Waals surface area contributed by atoms with Gasteiger partial charge < -0.3 is 16.2 Å². The van der Waals surface area contributed by atoms with Gasteiger partial charge in [0, 0.05) is 5.56 Å². The average molecular weight is 299 g/mol. The molecule has 0 aliphatic heterocycles. The lowest BCUT2D eigenvalue weighted by molar-refractivity contribution is -0.274. The maximum absolute atomic E-state index is 12.0. The van der Waals surface area contributed by atoms with Gasteiger partial charge in [-0.3, -0.25) is 4.79 Å². The quantitative estimate of drug-likeness (QED) is 0.820. The SMILES string of the molecule is NC(=O)c1cc(N)c(OC(F)(F)F)c(Br)c1. The largest absolute Gasteiger partial charge is 0.573 e. The van der Waals surface area contributed by atoms with Crippen molar-refractivity contribution in [1.82, 2.24) is 0 Å². The van der Waals surface area contributed by atoms with Crippen molar-refractivity contribution >= 4 is 27.5 Å². The predicted molar refractivity (Wildman–Crippen MR) is 53.8 cm³/mol. The van der Waals surface area contributed by atoms with Crippen molar-refractivity contribution in [2.75, 3.05) is 5.73 Å². The normalized spacial score (nSPS) is 11.2. The summed E-state index contributed by atoms with van der Waals surface area (Å²) in [4.78, 5) is 10.8. The lowest BCUT2D eigenvalue weighted by Gasteiger charge is -2.13. The van der Waals surface area contributed by atoms with Crippen molar-refractivity contribution in [2.24, 2.45) is 5.73 Å². The van der Waals surface area contributed by atoms with Gasteiger partial charge in [0.05, 0.1) is 10.2 Å². The number of halogens is 4. The molecule has 88 valence electrons. The molecule has 0 bridgehead atoms. The molecular weight excluding hydrogens is 293 g/mol. The first-order valence-electron chi connectivity index (χ1n) is 3.85. The van der Waals surface area contributed by atoms with Gasteiger partial charge in [0.2, 0.25) is 5.91 Å². The molecular formula is C8H6BrF3N2O2. The number of amides is 1. The van der Waals surface area contributed by atoms with E-state index in [0.29, 0.717) is 0 Å². The summed E-state index contributed by atoms with van der Waals surface area (Å²) in [6.45, 7) is 0. The number of carbonyl (C=O) groups is 1. The fourth-order valence-corrected chi connectivity index (χ4v) is 1.54. The Balaban J connectivity index is 3.18. The van der Waals surface area contributed by atoms with Crippen LogP contribution < -0.4 is 16.2 Å². The number of benzene rings is 1. The van der Waals surface area contributed by atoms with Gasteiger partial charge in [-0.15, -0.1) is 13.2 Å². The molecule has 0 saturated heterocycles. The van der Waals surface area contributed by atoms with E-state index in [1.54, 1.807) is 0 Å². The van der Waals surface area contributed by atoms with Crippen molar-refractivity contribution in [3.05, 3.63) is 22.2 Å². The number of nitrogen functional groups attached to an aromatic ring is 1. The van der Waals surface area contributed by atoms with Gasteiger partial charge in [0.25, 0.3) is 0 Å². The Kier molecular flexibility index (Phi) is 3.32. The van der Waals surface area contributed by atoms with Crippen LogP contribution in [0.2, 0.25) is 0 Å². The molecule has 16 heavy (non-hydrogen) atoms. The third-order valence-corrected chi connectivity index (χ3v) is 2.16. The number of alkyl halides is 3. The Hall–Kier alpha value is -1.44. The number of hydrogen-bond acceptors (Lipinski definition) is 3. The van der Waals surface area contributed by atoms with Gasteiger partial charge in [-0.1, -0.05) is 0 Å². The third-order valence-electron chi connectivity index (χ3n) is 1.57. The van der Waals surface area contributed by atoms with E-state index in [2.05, 4.69) is 20.7 Å². The third kappa shape index (κ3) is 3.02. The Morgan fingerprint density at radius 2 is 1.94 bits per heavy atom.